The summed E-state index contributed by atoms with van der Waals surface area (Å²) in [5.41, 5.74) is -0.668. The highest BCUT2D eigenvalue weighted by Gasteiger charge is 2.47. The summed E-state index contributed by atoms with van der Waals surface area (Å²) < 4.78 is 29.1. The monoisotopic (exact) mass is 424 g/mol. The quantitative estimate of drug-likeness (QED) is 0.700. The van der Waals surface area contributed by atoms with Crippen LogP contribution in [0.4, 0.5) is 4.79 Å². The maximum atomic E-state index is 12.6. The Morgan fingerprint density at radius 2 is 1.62 bits per heavy atom. The van der Waals surface area contributed by atoms with Crippen molar-refractivity contribution in [3.05, 3.63) is 35.4 Å². The van der Waals surface area contributed by atoms with Crippen LogP contribution in [-0.2, 0) is 24.2 Å². The van der Waals surface area contributed by atoms with E-state index < -0.39 is 62.8 Å². The first-order chi connectivity index (χ1) is 13.4. The molecule has 0 unspecified atom stereocenters. The molecule has 3 amide bonds. The summed E-state index contributed by atoms with van der Waals surface area (Å²) in [5.74, 6) is -5.13. The van der Waals surface area contributed by atoms with Gasteiger partial charge in [0.15, 0.2) is 9.84 Å². The molecule has 156 valence electrons. The van der Waals surface area contributed by atoms with E-state index in [1.165, 1.54) is 12.1 Å². The Labute approximate surface area is 167 Å². The number of alkyl carbamates (subject to hydrolysis) is 1. The average molecular weight is 424 g/mol. The fraction of sp³-hybridized carbons (Fsp3) is 0.444. The van der Waals surface area contributed by atoms with E-state index in [1.807, 2.05) is 0 Å². The number of sulfone groups is 1. The van der Waals surface area contributed by atoms with E-state index in [0.717, 1.165) is 0 Å². The van der Waals surface area contributed by atoms with Crippen molar-refractivity contribution in [2.75, 3.05) is 11.5 Å². The third-order valence-corrected chi connectivity index (χ3v) is 6.03. The first kappa shape index (κ1) is 20.8. The van der Waals surface area contributed by atoms with Gasteiger partial charge in [-0.25, -0.2) is 18.0 Å². The molecule has 2 heterocycles. The molecule has 1 saturated heterocycles. The van der Waals surface area contributed by atoms with E-state index in [4.69, 9.17) is 9.57 Å². The number of hydrogen-bond donors (Lipinski definition) is 1. The van der Waals surface area contributed by atoms with Crippen molar-refractivity contribution in [1.29, 1.82) is 0 Å². The molecule has 2 aliphatic heterocycles. The van der Waals surface area contributed by atoms with Gasteiger partial charge < -0.3 is 14.9 Å². The molecule has 10 nitrogen and oxygen atoms in total. The number of carbonyl (C=O) groups excluding carboxylic acids is 4. The van der Waals surface area contributed by atoms with Gasteiger partial charge >= 0.3 is 12.1 Å². The molecule has 11 heteroatoms. The van der Waals surface area contributed by atoms with Crippen molar-refractivity contribution in [2.24, 2.45) is 5.92 Å². The van der Waals surface area contributed by atoms with Crippen molar-refractivity contribution in [2.45, 2.75) is 32.4 Å². The van der Waals surface area contributed by atoms with E-state index in [2.05, 4.69) is 5.32 Å². The molecule has 0 radical (unpaired) electrons. The first-order valence-electron chi connectivity index (χ1n) is 8.77. The number of hydrogen-bond acceptors (Lipinski definition) is 8. The fourth-order valence-electron chi connectivity index (χ4n) is 3.09. The fourth-order valence-corrected chi connectivity index (χ4v) is 5.00. The smallest absolute Gasteiger partial charge is 0.407 e. The number of nitrogens with one attached hydrogen (secondary N) is 1. The van der Waals surface area contributed by atoms with Crippen molar-refractivity contribution in [3.63, 3.8) is 0 Å². The lowest BCUT2D eigenvalue weighted by Gasteiger charge is -2.23. The number of nitrogens with zero attached hydrogens (tertiary/aromatic N) is 1. The summed E-state index contributed by atoms with van der Waals surface area (Å²) in [6, 6.07) is 4.82. The Kier molecular flexibility index (Phi) is 5.11. The number of hydroxylamine groups is 2. The summed E-state index contributed by atoms with van der Waals surface area (Å²) in [5, 5.41) is 2.66. The van der Waals surface area contributed by atoms with Gasteiger partial charge in [-0.1, -0.05) is 17.2 Å². The van der Waals surface area contributed by atoms with E-state index in [1.54, 1.807) is 32.9 Å². The minimum absolute atomic E-state index is 0.0766. The average Bonchev–Trinajstić information content (AvgIpc) is 3.02. The maximum absolute atomic E-state index is 12.6. The molecule has 2 aliphatic rings. The molecule has 1 aromatic rings. The number of rotatable bonds is 3. The van der Waals surface area contributed by atoms with Gasteiger partial charge in [-0.2, -0.15) is 0 Å². The Hall–Kier alpha value is -2.95. The van der Waals surface area contributed by atoms with Crippen LogP contribution in [0.2, 0.25) is 0 Å². The summed E-state index contributed by atoms with van der Waals surface area (Å²) in [6.07, 6.45) is -0.891. The first-order valence-corrected chi connectivity index (χ1v) is 10.6. The zero-order valence-corrected chi connectivity index (χ0v) is 16.8. The molecule has 1 N–H and O–H groups in total. The van der Waals surface area contributed by atoms with E-state index in [-0.39, 0.29) is 11.1 Å². The molecular weight excluding hydrogens is 404 g/mol. The SMILES string of the molecule is CC(C)(C)OC(=O)N[C@@H]1CS(=O)(=O)C[C@H]1C(=O)ON1C(=O)c2ccccc2C1=O. The van der Waals surface area contributed by atoms with Crippen molar-refractivity contribution < 1.29 is 37.2 Å². The molecule has 0 bridgehead atoms. The highest BCUT2D eigenvalue weighted by molar-refractivity contribution is 7.91. The van der Waals surface area contributed by atoms with Gasteiger partial charge in [0.05, 0.1) is 34.6 Å². The van der Waals surface area contributed by atoms with Gasteiger partial charge in [-0.05, 0) is 32.9 Å². The minimum atomic E-state index is -3.65. The molecule has 2 atom stereocenters. The molecule has 29 heavy (non-hydrogen) atoms. The second-order valence-corrected chi connectivity index (χ2v) is 9.95. The van der Waals surface area contributed by atoms with E-state index in [0.29, 0.717) is 5.06 Å². The number of carbonyl (C=O) groups is 4. The molecule has 1 aromatic carbocycles. The standard InChI is InChI=1S/C18H20N2O8S/c1-18(2,3)27-17(24)19-13-9-29(25,26)8-12(13)16(23)28-20-14(21)10-6-4-5-7-11(10)15(20)22/h4-7,12-13H,8-9H2,1-3H3,(H,19,24)/t12-,13-/m1/s1. The largest absolute Gasteiger partial charge is 0.444 e. The number of benzene rings is 1. The van der Waals surface area contributed by atoms with Crippen LogP contribution in [-0.4, -0.2) is 60.5 Å². The summed E-state index contributed by atoms with van der Waals surface area (Å²) >= 11 is 0. The zero-order valence-electron chi connectivity index (χ0n) is 16.0. The molecular formula is C18H20N2O8S. The number of fused-ring (bicyclic) bond motifs is 1. The van der Waals surface area contributed by atoms with Gasteiger partial charge in [-0.15, -0.1) is 0 Å². The van der Waals surface area contributed by atoms with Crippen molar-refractivity contribution >= 4 is 33.7 Å². The number of imide groups is 1. The number of amides is 3. The Bertz CT molecular complexity index is 960. The molecule has 0 spiro atoms. The van der Waals surface area contributed by atoms with Crippen LogP contribution in [0.15, 0.2) is 24.3 Å². The molecule has 0 saturated carbocycles. The molecule has 0 aromatic heterocycles. The summed E-state index contributed by atoms with van der Waals surface area (Å²) in [6.45, 7) is 4.89. The van der Waals surface area contributed by atoms with Crippen LogP contribution in [0.1, 0.15) is 41.5 Å². The van der Waals surface area contributed by atoms with Crippen LogP contribution in [0.5, 0.6) is 0 Å². The van der Waals surface area contributed by atoms with E-state index in [9.17, 15) is 27.6 Å². The van der Waals surface area contributed by atoms with Crippen LogP contribution in [0, 0.1) is 5.92 Å². The predicted octanol–water partition coefficient (Wildman–Crippen LogP) is 0.679. The maximum Gasteiger partial charge on any atom is 0.407 e. The lowest BCUT2D eigenvalue weighted by molar-refractivity contribution is -0.173. The van der Waals surface area contributed by atoms with Crippen molar-refractivity contribution in [3.8, 4) is 0 Å². The van der Waals surface area contributed by atoms with Crippen LogP contribution in [0.3, 0.4) is 0 Å². The van der Waals surface area contributed by atoms with Gasteiger partial charge in [0, 0.05) is 0 Å². The topological polar surface area (TPSA) is 136 Å². The Balaban J connectivity index is 1.74. The normalized spacial score (nSPS) is 22.9. The van der Waals surface area contributed by atoms with Gasteiger partial charge in [-0.3, -0.25) is 9.59 Å². The second-order valence-electron chi connectivity index (χ2n) is 7.80. The van der Waals surface area contributed by atoms with Crippen LogP contribution < -0.4 is 5.32 Å². The minimum Gasteiger partial charge on any atom is -0.444 e. The third-order valence-electron chi connectivity index (χ3n) is 4.30. The number of ether oxygens (including phenoxy) is 1. The molecule has 0 aliphatic carbocycles. The Morgan fingerprint density at radius 3 is 2.14 bits per heavy atom. The van der Waals surface area contributed by atoms with Crippen LogP contribution >= 0.6 is 0 Å². The van der Waals surface area contributed by atoms with E-state index >= 15 is 0 Å². The second kappa shape index (κ2) is 7.14. The van der Waals surface area contributed by atoms with Crippen molar-refractivity contribution in [1.82, 2.24) is 10.4 Å². The summed E-state index contributed by atoms with van der Waals surface area (Å²) in [7, 11) is -3.65. The van der Waals surface area contributed by atoms with Crippen LogP contribution in [0.25, 0.3) is 0 Å². The zero-order chi connectivity index (χ0) is 21.6. The van der Waals surface area contributed by atoms with Gasteiger partial charge in [0.1, 0.15) is 5.60 Å². The van der Waals surface area contributed by atoms with Gasteiger partial charge in [0.25, 0.3) is 11.8 Å². The molecule has 3 rings (SSSR count). The Morgan fingerprint density at radius 1 is 1.07 bits per heavy atom. The van der Waals surface area contributed by atoms with Gasteiger partial charge in [0.2, 0.25) is 0 Å². The highest BCUT2D eigenvalue weighted by Crippen LogP contribution is 2.26. The summed E-state index contributed by atoms with van der Waals surface area (Å²) in [4.78, 5) is 54.2. The lowest BCUT2D eigenvalue weighted by atomic mass is 10.0. The highest BCUT2D eigenvalue weighted by atomic mass is 32.2. The third kappa shape index (κ3) is 4.39. The lowest BCUT2D eigenvalue weighted by Crippen LogP contribution is -2.46. The molecule has 1 fully saturated rings. The predicted molar refractivity (Wildman–Crippen MR) is 98.3 cm³/mol.